The first-order valence-electron chi connectivity index (χ1n) is 6.27. The van der Waals surface area contributed by atoms with E-state index in [-0.39, 0.29) is 5.82 Å². The summed E-state index contributed by atoms with van der Waals surface area (Å²) in [5, 5.41) is 9.37. The predicted octanol–water partition coefficient (Wildman–Crippen LogP) is 3.48. The Labute approximate surface area is 123 Å². The number of carboxylic acid groups (broad SMARTS) is 1. The van der Waals surface area contributed by atoms with Crippen LogP contribution in [0.25, 0.3) is 11.3 Å². The molecular weight excluding hydrogens is 327 g/mol. The summed E-state index contributed by atoms with van der Waals surface area (Å²) >= 11 is 3.29. The molecule has 2 aromatic rings. The summed E-state index contributed by atoms with van der Waals surface area (Å²) in [6.45, 7) is 0. The van der Waals surface area contributed by atoms with Crippen LogP contribution in [0.3, 0.4) is 0 Å². The summed E-state index contributed by atoms with van der Waals surface area (Å²) in [6, 6.07) is 4.61. The molecule has 0 spiro atoms. The molecule has 1 aliphatic rings. The van der Waals surface area contributed by atoms with Crippen LogP contribution in [0.2, 0.25) is 0 Å². The summed E-state index contributed by atoms with van der Waals surface area (Å²) in [4.78, 5) is 18.6. The topological polar surface area (TPSA) is 66.0 Å². The normalized spacial score (nSPS) is 16.7. The van der Waals surface area contributed by atoms with E-state index in [0.29, 0.717) is 29.9 Å². The Morgan fingerprint density at radius 2 is 2.20 bits per heavy atom. The number of rotatable bonds is 3. The molecule has 1 aliphatic carbocycles. The zero-order chi connectivity index (χ0) is 14.3. The van der Waals surface area contributed by atoms with Gasteiger partial charge in [-0.2, -0.15) is 0 Å². The minimum atomic E-state index is -0.930. The fourth-order valence-electron chi connectivity index (χ4n) is 2.49. The monoisotopic (exact) mass is 338 g/mol. The van der Waals surface area contributed by atoms with Gasteiger partial charge in [-0.05, 0) is 31.0 Å². The maximum absolute atomic E-state index is 13.8. The number of carbonyl (C=O) groups is 1. The molecule has 1 fully saturated rings. The van der Waals surface area contributed by atoms with Crippen LogP contribution >= 0.6 is 15.9 Å². The third-order valence-electron chi connectivity index (χ3n) is 3.86. The van der Waals surface area contributed by atoms with E-state index in [2.05, 4.69) is 25.9 Å². The average molecular weight is 339 g/mol. The lowest BCUT2D eigenvalue weighted by Gasteiger charge is -2.35. The molecule has 6 heteroatoms. The number of aromatic nitrogens is 2. The van der Waals surface area contributed by atoms with E-state index in [0.717, 1.165) is 10.9 Å². The highest BCUT2D eigenvalue weighted by Gasteiger charge is 2.48. The Hall–Kier alpha value is -1.69. The van der Waals surface area contributed by atoms with E-state index in [1.807, 2.05) is 0 Å². The van der Waals surface area contributed by atoms with Crippen LogP contribution in [0.15, 0.2) is 28.9 Å². The molecule has 1 aromatic heterocycles. The molecule has 1 heterocycles. The first kappa shape index (κ1) is 13.3. The lowest BCUT2D eigenvalue weighted by Crippen LogP contribution is -2.43. The maximum atomic E-state index is 13.8. The molecule has 104 valence electrons. The van der Waals surface area contributed by atoms with E-state index in [4.69, 9.17) is 0 Å². The van der Waals surface area contributed by atoms with Crippen molar-refractivity contribution >= 4 is 21.9 Å². The lowest BCUT2D eigenvalue weighted by atomic mass is 9.68. The summed E-state index contributed by atoms with van der Waals surface area (Å²) in [6.07, 6.45) is 3.49. The molecule has 20 heavy (non-hydrogen) atoms. The number of benzene rings is 1. The van der Waals surface area contributed by atoms with Crippen molar-refractivity contribution in [3.63, 3.8) is 0 Å². The van der Waals surface area contributed by atoms with Crippen LogP contribution < -0.4 is 0 Å². The molecule has 0 amide bonds. The van der Waals surface area contributed by atoms with Gasteiger partial charge in [0, 0.05) is 10.0 Å². The molecule has 1 saturated carbocycles. The number of nitrogens with one attached hydrogen (secondary N) is 1. The van der Waals surface area contributed by atoms with E-state index in [1.54, 1.807) is 12.1 Å². The number of imidazole rings is 1. The van der Waals surface area contributed by atoms with Gasteiger partial charge in [0.15, 0.2) is 0 Å². The fraction of sp³-hybridized carbons (Fsp3) is 0.286. The van der Waals surface area contributed by atoms with Crippen LogP contribution in [-0.2, 0) is 10.2 Å². The molecule has 1 aromatic carbocycles. The number of aromatic amines is 1. The van der Waals surface area contributed by atoms with E-state index in [9.17, 15) is 14.3 Å². The van der Waals surface area contributed by atoms with Crippen LogP contribution in [0.5, 0.6) is 0 Å². The quantitative estimate of drug-likeness (QED) is 0.900. The second-order valence-electron chi connectivity index (χ2n) is 5.01. The summed E-state index contributed by atoms with van der Waals surface area (Å²) < 4.78 is 14.6. The van der Waals surface area contributed by atoms with Crippen molar-refractivity contribution in [2.24, 2.45) is 0 Å². The molecule has 0 aliphatic heterocycles. The van der Waals surface area contributed by atoms with Gasteiger partial charge >= 0.3 is 5.97 Å². The van der Waals surface area contributed by atoms with Gasteiger partial charge in [-0.1, -0.05) is 22.4 Å². The number of aliphatic carboxylic acids is 1. The standard InChI is InChI=1S/C14H12BrFN2O2/c15-8-2-3-10(16)9(6-8)11-7-17-12(18-11)14(13(19)20)4-1-5-14/h2-3,6-7H,1,4-5H2,(H,17,18)(H,19,20). The summed E-state index contributed by atoms with van der Waals surface area (Å²) in [7, 11) is 0. The predicted molar refractivity (Wildman–Crippen MR) is 74.8 cm³/mol. The molecule has 0 atom stereocenters. The summed E-state index contributed by atoms with van der Waals surface area (Å²) in [5.41, 5.74) is -0.0647. The molecular formula is C14H12BrFN2O2. The molecule has 0 bridgehead atoms. The van der Waals surface area contributed by atoms with Crippen LogP contribution in [-0.4, -0.2) is 21.0 Å². The Bertz CT molecular complexity index is 680. The lowest BCUT2D eigenvalue weighted by molar-refractivity contribution is -0.147. The van der Waals surface area contributed by atoms with E-state index >= 15 is 0 Å². The van der Waals surface area contributed by atoms with Crippen molar-refractivity contribution in [1.29, 1.82) is 0 Å². The number of carboxylic acids is 1. The summed E-state index contributed by atoms with van der Waals surface area (Å²) in [5.74, 6) is -0.841. The van der Waals surface area contributed by atoms with Gasteiger partial charge in [0.25, 0.3) is 0 Å². The van der Waals surface area contributed by atoms with Gasteiger partial charge in [-0.3, -0.25) is 4.79 Å². The highest BCUT2D eigenvalue weighted by atomic mass is 79.9. The first-order valence-corrected chi connectivity index (χ1v) is 7.06. The number of hydrogen-bond acceptors (Lipinski definition) is 2. The molecule has 0 radical (unpaired) electrons. The van der Waals surface area contributed by atoms with E-state index in [1.165, 1.54) is 12.3 Å². The van der Waals surface area contributed by atoms with Gasteiger partial charge in [0.2, 0.25) is 0 Å². The average Bonchev–Trinajstić information content (AvgIpc) is 2.80. The van der Waals surface area contributed by atoms with Crippen LogP contribution in [0.4, 0.5) is 4.39 Å². The molecule has 3 rings (SSSR count). The van der Waals surface area contributed by atoms with Crippen molar-refractivity contribution < 1.29 is 14.3 Å². The number of halogens is 2. The van der Waals surface area contributed by atoms with Crippen molar-refractivity contribution in [3.05, 3.63) is 40.5 Å². The van der Waals surface area contributed by atoms with Gasteiger partial charge in [-0.25, -0.2) is 9.37 Å². The smallest absolute Gasteiger partial charge is 0.317 e. The van der Waals surface area contributed by atoms with Crippen molar-refractivity contribution in [1.82, 2.24) is 9.97 Å². The van der Waals surface area contributed by atoms with Crippen LogP contribution in [0.1, 0.15) is 25.1 Å². The number of nitrogens with zero attached hydrogens (tertiary/aromatic N) is 1. The largest absolute Gasteiger partial charge is 0.480 e. The molecule has 0 unspecified atom stereocenters. The Morgan fingerprint density at radius 3 is 2.80 bits per heavy atom. The third kappa shape index (κ3) is 1.95. The first-order chi connectivity index (χ1) is 9.53. The molecule has 0 saturated heterocycles. The zero-order valence-electron chi connectivity index (χ0n) is 10.5. The van der Waals surface area contributed by atoms with Gasteiger partial charge in [0.1, 0.15) is 17.1 Å². The van der Waals surface area contributed by atoms with Crippen LogP contribution in [0, 0.1) is 5.82 Å². The highest BCUT2D eigenvalue weighted by molar-refractivity contribution is 9.10. The third-order valence-corrected chi connectivity index (χ3v) is 4.36. The van der Waals surface area contributed by atoms with Crippen molar-refractivity contribution in [2.45, 2.75) is 24.7 Å². The highest BCUT2D eigenvalue weighted by Crippen LogP contribution is 2.43. The Kier molecular flexibility index (Phi) is 3.12. The second-order valence-corrected chi connectivity index (χ2v) is 5.93. The van der Waals surface area contributed by atoms with Gasteiger partial charge in [-0.15, -0.1) is 0 Å². The number of hydrogen-bond donors (Lipinski definition) is 2. The molecule has 4 nitrogen and oxygen atoms in total. The van der Waals surface area contributed by atoms with Gasteiger partial charge < -0.3 is 10.1 Å². The Morgan fingerprint density at radius 1 is 1.45 bits per heavy atom. The van der Waals surface area contributed by atoms with Crippen molar-refractivity contribution in [3.8, 4) is 11.3 Å². The fourth-order valence-corrected chi connectivity index (χ4v) is 2.85. The molecule has 2 N–H and O–H groups in total. The Balaban J connectivity index is 2.02. The van der Waals surface area contributed by atoms with Crippen molar-refractivity contribution in [2.75, 3.05) is 0 Å². The van der Waals surface area contributed by atoms with Gasteiger partial charge in [0.05, 0.1) is 11.9 Å². The number of H-pyrrole nitrogens is 1. The SMILES string of the molecule is O=C(O)C1(c2ncc(-c3cc(Br)ccc3F)[nH]2)CCC1. The minimum Gasteiger partial charge on any atom is -0.480 e. The minimum absolute atomic E-state index is 0.373. The second kappa shape index (κ2) is 4.70. The van der Waals surface area contributed by atoms with E-state index < -0.39 is 11.4 Å². The zero-order valence-corrected chi connectivity index (χ0v) is 12.1. The maximum Gasteiger partial charge on any atom is 0.317 e.